The third-order valence-corrected chi connectivity index (χ3v) is 3.61. The second-order valence-corrected chi connectivity index (χ2v) is 5.51. The Labute approximate surface area is 207 Å². The van der Waals surface area contributed by atoms with Crippen molar-refractivity contribution in [1.82, 2.24) is 0 Å². The Morgan fingerprint density at radius 2 is 1.13 bits per heavy atom. The van der Waals surface area contributed by atoms with Gasteiger partial charge in [-0.2, -0.15) is 0 Å². The van der Waals surface area contributed by atoms with Gasteiger partial charge in [-0.25, -0.2) is 0 Å². The van der Waals surface area contributed by atoms with Gasteiger partial charge in [0.2, 0.25) is 0 Å². The molecule has 23 heavy (non-hydrogen) atoms. The van der Waals surface area contributed by atoms with Gasteiger partial charge in [0, 0.05) is 11.9 Å². The van der Waals surface area contributed by atoms with Crippen LogP contribution in [0.1, 0.15) is 85.5 Å². The first-order chi connectivity index (χ1) is 9.94. The van der Waals surface area contributed by atoms with Crippen LogP contribution in [-0.2, 0) is 9.59 Å². The van der Waals surface area contributed by atoms with Gasteiger partial charge in [0.25, 0.3) is 0 Å². The average molecular weight is 363 g/mol. The van der Waals surface area contributed by atoms with Crippen LogP contribution >= 0.6 is 0 Å². The third kappa shape index (κ3) is 21.5. The van der Waals surface area contributed by atoms with E-state index in [0.29, 0.717) is 6.42 Å². The second-order valence-electron chi connectivity index (χ2n) is 5.51. The van der Waals surface area contributed by atoms with Crippen molar-refractivity contribution in [2.45, 2.75) is 85.5 Å². The molecule has 0 N–H and O–H groups in total. The van der Waals surface area contributed by atoms with Gasteiger partial charge in [-0.15, -0.1) is 0 Å². The van der Waals surface area contributed by atoms with Crippen LogP contribution in [0.25, 0.3) is 0 Å². The van der Waals surface area contributed by atoms with Crippen LogP contribution in [0.15, 0.2) is 0 Å². The first-order valence-electron chi connectivity index (χ1n) is 8.36. The molecule has 0 rings (SSSR count). The first-order valence-corrected chi connectivity index (χ1v) is 8.36. The number of unbranched alkanes of at least 4 members (excludes halogenated alkanes) is 2. The Balaban J connectivity index is -0.000000145. The second kappa shape index (κ2) is 23.6. The Kier molecular flexibility index (Phi) is 33.1. The zero-order valence-electron chi connectivity index (χ0n) is 16.2. The molecular weight excluding hydrogens is 330 g/mol. The maximum Gasteiger partial charge on any atom is 1.00 e. The fraction of sp³-hybridized carbons (Fsp3) is 0.882. The van der Waals surface area contributed by atoms with Gasteiger partial charge in [0.15, 0.2) is 0 Å². The normalized spacial score (nSPS) is 11.8. The van der Waals surface area contributed by atoms with Crippen LogP contribution in [0, 0.1) is 11.8 Å². The molecule has 126 valence electrons. The van der Waals surface area contributed by atoms with Crippen molar-refractivity contribution in [3.05, 3.63) is 0 Å². The summed E-state index contributed by atoms with van der Waals surface area (Å²) in [4.78, 5) is 20.8. The van der Waals surface area contributed by atoms with Crippen molar-refractivity contribution < 1.29 is 101 Å². The average Bonchev–Trinajstić information content (AvgIpc) is 2.44. The molecule has 0 aromatic rings. The maximum atomic E-state index is 10.5. The molecule has 4 nitrogen and oxygen atoms in total. The Morgan fingerprint density at radius 1 is 0.739 bits per heavy atom. The molecule has 0 aliphatic heterocycles. The van der Waals surface area contributed by atoms with E-state index < -0.39 is 11.9 Å². The smallest absolute Gasteiger partial charge is 0.550 e. The summed E-state index contributed by atoms with van der Waals surface area (Å²) in [6.45, 7) is 8.01. The van der Waals surface area contributed by atoms with E-state index in [-0.39, 0.29) is 92.8 Å². The molecule has 0 heterocycles. The molecule has 2 atom stereocenters. The predicted molar refractivity (Wildman–Crippen MR) is 81.2 cm³/mol. The molecule has 0 aliphatic carbocycles. The summed E-state index contributed by atoms with van der Waals surface area (Å²) in [5.41, 5.74) is 0. The molecule has 0 bridgehead atoms. The van der Waals surface area contributed by atoms with Crippen LogP contribution in [0.4, 0.5) is 0 Å². The summed E-state index contributed by atoms with van der Waals surface area (Å²) in [5, 5.41) is 20.8. The first kappa shape index (κ1) is 32.3. The SMILES string of the molecule is CCCCC(CC)C(=O)[O-].CCCCC(CCC)C(=O)[O-].[K+].[Na+]. The summed E-state index contributed by atoms with van der Waals surface area (Å²) in [5.74, 6) is -2.20. The van der Waals surface area contributed by atoms with Crippen molar-refractivity contribution >= 4 is 11.9 Å². The number of rotatable bonds is 11. The summed E-state index contributed by atoms with van der Waals surface area (Å²) < 4.78 is 0. The molecule has 0 aliphatic rings. The minimum Gasteiger partial charge on any atom is -0.550 e. The summed E-state index contributed by atoms with van der Waals surface area (Å²) >= 11 is 0. The topological polar surface area (TPSA) is 80.3 Å². The standard InChI is InChI=1S/C9H18O2.C8H16O2.K.Na/c1-3-5-7-8(6-4-2)9(10)11;1-3-5-6-7(4-2)8(9)10;;/h8H,3-7H2,1-2H3,(H,10,11);7H,3-6H2,1-2H3,(H,9,10);;/q;;2*+1/p-2. The van der Waals surface area contributed by atoms with Crippen LogP contribution in [0.3, 0.4) is 0 Å². The molecule has 0 spiro atoms. The van der Waals surface area contributed by atoms with Gasteiger partial charge >= 0.3 is 80.9 Å². The number of carbonyl (C=O) groups is 2. The van der Waals surface area contributed by atoms with E-state index in [0.717, 1.165) is 51.4 Å². The van der Waals surface area contributed by atoms with E-state index in [9.17, 15) is 19.8 Å². The number of carboxylic acids is 2. The van der Waals surface area contributed by atoms with Gasteiger partial charge in [-0.1, -0.05) is 59.8 Å². The van der Waals surface area contributed by atoms with Crippen molar-refractivity contribution in [3.8, 4) is 0 Å². The van der Waals surface area contributed by atoms with Crippen LogP contribution in [-0.4, -0.2) is 11.9 Å². The minimum absolute atomic E-state index is 0. The monoisotopic (exact) mass is 362 g/mol. The molecule has 2 unspecified atom stereocenters. The fourth-order valence-corrected chi connectivity index (χ4v) is 2.12. The maximum absolute atomic E-state index is 10.5. The van der Waals surface area contributed by atoms with Gasteiger partial charge in [0.1, 0.15) is 0 Å². The molecule has 0 fully saturated rings. The van der Waals surface area contributed by atoms with Crippen LogP contribution in [0.2, 0.25) is 0 Å². The van der Waals surface area contributed by atoms with Crippen molar-refractivity contribution in [2.75, 3.05) is 0 Å². The zero-order chi connectivity index (χ0) is 16.7. The van der Waals surface area contributed by atoms with E-state index in [1.54, 1.807) is 0 Å². The number of carbonyl (C=O) groups excluding carboxylic acids is 2. The van der Waals surface area contributed by atoms with Crippen LogP contribution < -0.4 is 91.2 Å². The molecule has 0 aromatic heterocycles. The van der Waals surface area contributed by atoms with E-state index >= 15 is 0 Å². The summed E-state index contributed by atoms with van der Waals surface area (Å²) in [6, 6.07) is 0. The Bertz CT molecular complexity index is 275. The van der Waals surface area contributed by atoms with Crippen molar-refractivity contribution in [3.63, 3.8) is 0 Å². The quantitative estimate of drug-likeness (QED) is 0.355. The van der Waals surface area contributed by atoms with Crippen molar-refractivity contribution in [1.29, 1.82) is 0 Å². The number of hydrogen-bond acceptors (Lipinski definition) is 4. The number of hydrogen-bond donors (Lipinski definition) is 0. The van der Waals surface area contributed by atoms with Crippen LogP contribution in [0.5, 0.6) is 0 Å². The molecule has 0 amide bonds. The van der Waals surface area contributed by atoms with Gasteiger partial charge in [0.05, 0.1) is 0 Å². The predicted octanol–water partition coefficient (Wildman–Crippen LogP) is -3.70. The molecule has 0 aromatic carbocycles. The molecular formula is C17H32KNaO4. The fourth-order valence-electron chi connectivity index (χ4n) is 2.12. The van der Waals surface area contributed by atoms with Crippen molar-refractivity contribution in [2.24, 2.45) is 11.8 Å². The largest absolute Gasteiger partial charge is 1.00 e. The number of carboxylic acid groups (broad SMARTS) is 2. The summed E-state index contributed by atoms with van der Waals surface area (Å²) in [7, 11) is 0. The summed E-state index contributed by atoms with van der Waals surface area (Å²) in [6.07, 6.45) is 8.07. The van der Waals surface area contributed by atoms with E-state index in [1.807, 2.05) is 13.8 Å². The Hall–Kier alpha value is 1.58. The molecule has 0 radical (unpaired) electrons. The minimum atomic E-state index is -0.893. The molecule has 0 saturated carbocycles. The van der Waals surface area contributed by atoms with Gasteiger partial charge in [-0.05, 0) is 37.5 Å². The van der Waals surface area contributed by atoms with Gasteiger partial charge < -0.3 is 19.8 Å². The van der Waals surface area contributed by atoms with E-state index in [2.05, 4.69) is 13.8 Å². The number of aliphatic carboxylic acids is 2. The van der Waals surface area contributed by atoms with E-state index in [1.165, 1.54) is 0 Å². The Morgan fingerprint density at radius 3 is 1.39 bits per heavy atom. The van der Waals surface area contributed by atoms with Gasteiger partial charge in [-0.3, -0.25) is 0 Å². The third-order valence-electron chi connectivity index (χ3n) is 3.61. The molecule has 6 heteroatoms. The molecule has 0 saturated heterocycles. The zero-order valence-corrected chi connectivity index (χ0v) is 21.3. The van der Waals surface area contributed by atoms with E-state index in [4.69, 9.17) is 0 Å².